The van der Waals surface area contributed by atoms with Crippen molar-refractivity contribution in [2.45, 2.75) is 0 Å². The normalized spacial score (nSPS) is 14.7. The number of nitrogen functional groups attached to an aromatic ring is 1. The topological polar surface area (TPSA) is 31.9 Å². The van der Waals surface area contributed by atoms with E-state index in [0.717, 1.165) is 0 Å². The van der Waals surface area contributed by atoms with Crippen LogP contribution in [0.3, 0.4) is 0 Å². The van der Waals surface area contributed by atoms with Crippen LogP contribution in [-0.4, -0.2) is 7.05 Å². The van der Waals surface area contributed by atoms with Gasteiger partial charge in [0.15, 0.2) is 0 Å². The SMILES string of the molecule is CN1[NH2+]Nc2ccccc21. The summed E-state index contributed by atoms with van der Waals surface area (Å²) in [4.78, 5) is 0. The van der Waals surface area contributed by atoms with Gasteiger partial charge in [0.05, 0.1) is 7.05 Å². The highest BCUT2D eigenvalue weighted by molar-refractivity contribution is 5.69. The number of quaternary nitrogens is 1. The van der Waals surface area contributed by atoms with Crippen molar-refractivity contribution >= 4 is 11.4 Å². The summed E-state index contributed by atoms with van der Waals surface area (Å²) in [6, 6.07) is 8.22. The van der Waals surface area contributed by atoms with Crippen LogP contribution in [0, 0.1) is 0 Å². The first kappa shape index (κ1) is 5.56. The lowest BCUT2D eigenvalue weighted by atomic mass is 10.3. The van der Waals surface area contributed by atoms with Crippen molar-refractivity contribution in [3.63, 3.8) is 0 Å². The molecule has 3 N–H and O–H groups in total. The molecule has 1 aliphatic rings. The van der Waals surface area contributed by atoms with Gasteiger partial charge in [-0.25, -0.2) is 10.4 Å². The average molecular weight is 136 g/mol. The Morgan fingerprint density at radius 3 is 3.00 bits per heavy atom. The number of anilines is 2. The molecular weight excluding hydrogens is 126 g/mol. The molecule has 0 atom stereocenters. The number of fused-ring (bicyclic) bond motifs is 1. The summed E-state index contributed by atoms with van der Waals surface area (Å²) in [6.45, 7) is 0. The summed E-state index contributed by atoms with van der Waals surface area (Å²) in [5, 5.41) is 2.06. The molecule has 0 fully saturated rings. The van der Waals surface area contributed by atoms with E-state index in [-0.39, 0.29) is 0 Å². The van der Waals surface area contributed by atoms with Gasteiger partial charge in [-0.2, -0.15) is 0 Å². The smallest absolute Gasteiger partial charge is 0.119 e. The maximum absolute atomic E-state index is 3.15. The molecule has 0 unspecified atom stereocenters. The fourth-order valence-corrected chi connectivity index (χ4v) is 1.14. The van der Waals surface area contributed by atoms with E-state index in [9.17, 15) is 0 Å². The highest BCUT2D eigenvalue weighted by Crippen LogP contribution is 2.22. The number of nitrogens with two attached hydrogens (primary N) is 1. The van der Waals surface area contributed by atoms with E-state index in [1.165, 1.54) is 11.4 Å². The fourth-order valence-electron chi connectivity index (χ4n) is 1.14. The van der Waals surface area contributed by atoms with Gasteiger partial charge in [-0.3, -0.25) is 0 Å². The number of hydrogen-bond donors (Lipinski definition) is 2. The second kappa shape index (κ2) is 1.88. The van der Waals surface area contributed by atoms with Crippen LogP contribution in [0.2, 0.25) is 0 Å². The molecule has 0 radical (unpaired) electrons. The summed E-state index contributed by atoms with van der Waals surface area (Å²) >= 11 is 0. The largest absolute Gasteiger partial charge is 0.213 e. The molecule has 10 heavy (non-hydrogen) atoms. The van der Waals surface area contributed by atoms with Crippen LogP contribution in [0.25, 0.3) is 0 Å². The van der Waals surface area contributed by atoms with Crippen molar-refractivity contribution in [1.29, 1.82) is 0 Å². The van der Waals surface area contributed by atoms with Crippen LogP contribution in [0.1, 0.15) is 0 Å². The van der Waals surface area contributed by atoms with E-state index in [1.807, 2.05) is 24.7 Å². The summed E-state index contributed by atoms with van der Waals surface area (Å²) < 4.78 is 0. The highest BCUT2D eigenvalue weighted by atomic mass is 15.7. The molecule has 1 aliphatic heterocycles. The molecule has 3 heteroatoms. The first-order valence-corrected chi connectivity index (χ1v) is 3.30. The lowest BCUT2D eigenvalue weighted by Crippen LogP contribution is -2.94. The Kier molecular flexibility index (Phi) is 1.05. The van der Waals surface area contributed by atoms with Crippen LogP contribution in [0.15, 0.2) is 24.3 Å². The lowest BCUT2D eigenvalue weighted by molar-refractivity contribution is -0.628. The van der Waals surface area contributed by atoms with Gasteiger partial charge in [0, 0.05) is 0 Å². The third kappa shape index (κ3) is 0.642. The summed E-state index contributed by atoms with van der Waals surface area (Å²) in [6.07, 6.45) is 0. The maximum atomic E-state index is 3.15. The second-order valence-electron chi connectivity index (χ2n) is 2.40. The number of nitrogens with zero attached hydrogens (tertiary/aromatic N) is 1. The van der Waals surface area contributed by atoms with E-state index in [0.29, 0.717) is 0 Å². The second-order valence-corrected chi connectivity index (χ2v) is 2.40. The third-order valence-electron chi connectivity index (χ3n) is 1.70. The molecule has 0 saturated carbocycles. The van der Waals surface area contributed by atoms with Crippen molar-refractivity contribution in [1.82, 2.24) is 0 Å². The van der Waals surface area contributed by atoms with E-state index in [4.69, 9.17) is 0 Å². The number of rotatable bonds is 0. The average Bonchev–Trinajstić information content (AvgIpc) is 2.34. The van der Waals surface area contributed by atoms with Crippen molar-refractivity contribution in [2.75, 3.05) is 17.5 Å². The first-order chi connectivity index (χ1) is 4.88. The van der Waals surface area contributed by atoms with Crippen LogP contribution >= 0.6 is 0 Å². The molecule has 2 rings (SSSR count). The van der Waals surface area contributed by atoms with Gasteiger partial charge in [-0.05, 0) is 12.1 Å². The minimum atomic E-state index is 1.19. The molecule has 1 aromatic carbocycles. The standard InChI is InChI=1S/C7H9N3/c1-10-7-5-3-2-4-6(7)8-9-10/h2-5,8-9H,1H3/p+1. The third-order valence-corrected chi connectivity index (χ3v) is 1.70. The Bertz CT molecular complexity index is 246. The van der Waals surface area contributed by atoms with Crippen LogP contribution in [-0.2, 0) is 0 Å². The van der Waals surface area contributed by atoms with Crippen LogP contribution in [0.4, 0.5) is 11.4 Å². The van der Waals surface area contributed by atoms with E-state index < -0.39 is 0 Å². The molecular formula is C7H10N3+. The van der Waals surface area contributed by atoms with Crippen molar-refractivity contribution < 1.29 is 5.53 Å². The minimum absolute atomic E-state index is 1.19. The van der Waals surface area contributed by atoms with Gasteiger partial charge in [0.25, 0.3) is 0 Å². The van der Waals surface area contributed by atoms with E-state index in [2.05, 4.69) is 22.6 Å². The fraction of sp³-hybridized carbons (Fsp3) is 0.143. The molecule has 0 saturated heterocycles. The number of nitrogens with one attached hydrogen (secondary N) is 1. The molecule has 0 spiro atoms. The Morgan fingerprint density at radius 2 is 2.20 bits per heavy atom. The highest BCUT2D eigenvalue weighted by Gasteiger charge is 2.15. The molecule has 1 aromatic rings. The number of benzene rings is 1. The monoisotopic (exact) mass is 136 g/mol. The molecule has 3 nitrogen and oxygen atoms in total. The maximum Gasteiger partial charge on any atom is 0.119 e. The molecule has 1 heterocycles. The molecule has 0 amide bonds. The Labute approximate surface area is 59.6 Å². The Hall–Kier alpha value is -1.22. The van der Waals surface area contributed by atoms with Gasteiger partial charge < -0.3 is 0 Å². The zero-order valence-electron chi connectivity index (χ0n) is 5.83. The number of hydrogen-bond acceptors (Lipinski definition) is 2. The van der Waals surface area contributed by atoms with Crippen LogP contribution in [0.5, 0.6) is 0 Å². The number of para-hydroxylation sites is 2. The Balaban J connectivity index is 2.51. The zero-order valence-corrected chi connectivity index (χ0v) is 5.83. The van der Waals surface area contributed by atoms with Crippen molar-refractivity contribution in [3.05, 3.63) is 24.3 Å². The Morgan fingerprint density at radius 1 is 1.40 bits per heavy atom. The van der Waals surface area contributed by atoms with E-state index >= 15 is 0 Å². The van der Waals surface area contributed by atoms with Gasteiger partial charge in [-0.15, -0.1) is 5.53 Å². The summed E-state index contributed by atoms with van der Waals surface area (Å²) in [7, 11) is 2.03. The van der Waals surface area contributed by atoms with Crippen molar-refractivity contribution in [2.24, 2.45) is 0 Å². The summed E-state index contributed by atoms with van der Waals surface area (Å²) in [5.41, 5.74) is 7.52. The molecule has 0 aromatic heterocycles. The predicted octanol–water partition coefficient (Wildman–Crippen LogP) is -0.0583. The van der Waals surface area contributed by atoms with Gasteiger partial charge in [0.2, 0.25) is 0 Å². The zero-order chi connectivity index (χ0) is 6.97. The quantitative estimate of drug-likeness (QED) is 0.490. The minimum Gasteiger partial charge on any atom is -0.213 e. The molecule has 0 bridgehead atoms. The van der Waals surface area contributed by atoms with Gasteiger partial charge >= 0.3 is 0 Å². The van der Waals surface area contributed by atoms with Gasteiger partial charge in [0.1, 0.15) is 11.4 Å². The first-order valence-electron chi connectivity index (χ1n) is 3.30. The van der Waals surface area contributed by atoms with Crippen molar-refractivity contribution in [3.8, 4) is 0 Å². The molecule has 0 aliphatic carbocycles. The predicted molar refractivity (Wildman–Crippen MR) is 40.4 cm³/mol. The van der Waals surface area contributed by atoms with Crippen LogP contribution < -0.4 is 16.0 Å². The van der Waals surface area contributed by atoms with E-state index in [1.54, 1.807) is 0 Å². The molecule has 52 valence electrons. The lowest BCUT2D eigenvalue weighted by Gasteiger charge is -2.03. The van der Waals surface area contributed by atoms with Gasteiger partial charge in [-0.1, -0.05) is 12.1 Å². The summed E-state index contributed by atoms with van der Waals surface area (Å²) in [5.74, 6) is 0.